The van der Waals surface area contributed by atoms with Crippen LogP contribution < -0.4 is 0 Å². The summed E-state index contributed by atoms with van der Waals surface area (Å²) < 4.78 is 0. The Labute approximate surface area is 295 Å². The average molecular weight is 648 g/mol. The van der Waals surface area contributed by atoms with Crippen LogP contribution in [0.15, 0.2) is 152 Å². The molecule has 0 fully saturated rings. The van der Waals surface area contributed by atoms with Crippen LogP contribution in [-0.2, 0) is 10.8 Å². The zero-order chi connectivity index (χ0) is 34.3. The minimum absolute atomic E-state index is 0.190. The van der Waals surface area contributed by atoms with E-state index in [4.69, 9.17) is 15.0 Å². The standard InChI is InChI=1S/C47H41N3/c1-46(2)28-29-47(3,4)42-31-39(26-27-41(42)46)35-20-18-33(19-21-35)34-22-24-37(25-23-34)44-48-43(36-14-9-6-10-15-36)49-45(50-44)40-17-11-16-38(30-40)32-12-7-5-8-13-32/h5-27,30-31H,28-29H2,1-4H3. The lowest BCUT2D eigenvalue weighted by atomic mass is 9.63. The summed E-state index contributed by atoms with van der Waals surface area (Å²) in [5.74, 6) is 1.96. The molecular weight excluding hydrogens is 607 g/mol. The van der Waals surface area contributed by atoms with E-state index in [1.807, 2.05) is 36.4 Å². The number of hydrogen-bond acceptors (Lipinski definition) is 3. The van der Waals surface area contributed by atoms with Gasteiger partial charge in [-0.15, -0.1) is 0 Å². The Kier molecular flexibility index (Phi) is 7.99. The van der Waals surface area contributed by atoms with Gasteiger partial charge in [-0.3, -0.25) is 0 Å². The third-order valence-electron chi connectivity index (χ3n) is 10.4. The van der Waals surface area contributed by atoms with E-state index in [9.17, 15) is 0 Å². The summed E-state index contributed by atoms with van der Waals surface area (Å²) in [4.78, 5) is 14.9. The van der Waals surface area contributed by atoms with Crippen molar-refractivity contribution in [3.8, 4) is 67.5 Å². The van der Waals surface area contributed by atoms with Gasteiger partial charge in [-0.25, -0.2) is 15.0 Å². The molecule has 0 saturated heterocycles. The molecule has 3 heteroatoms. The Morgan fingerprint density at radius 3 is 1.26 bits per heavy atom. The minimum atomic E-state index is 0.190. The molecule has 1 aliphatic carbocycles. The minimum Gasteiger partial charge on any atom is -0.208 e. The first-order valence-corrected chi connectivity index (χ1v) is 17.6. The third-order valence-corrected chi connectivity index (χ3v) is 10.4. The molecule has 0 unspecified atom stereocenters. The van der Waals surface area contributed by atoms with Crippen molar-refractivity contribution >= 4 is 0 Å². The van der Waals surface area contributed by atoms with Crippen molar-refractivity contribution in [1.29, 1.82) is 0 Å². The van der Waals surface area contributed by atoms with Gasteiger partial charge in [-0.2, -0.15) is 0 Å². The van der Waals surface area contributed by atoms with E-state index in [1.165, 1.54) is 40.7 Å². The van der Waals surface area contributed by atoms with Crippen LogP contribution in [0.25, 0.3) is 67.5 Å². The summed E-state index contributed by atoms with van der Waals surface area (Å²) in [5, 5.41) is 0. The summed E-state index contributed by atoms with van der Waals surface area (Å²) in [5.41, 5.74) is 13.4. The molecule has 0 radical (unpaired) electrons. The lowest BCUT2D eigenvalue weighted by molar-refractivity contribution is 0.332. The van der Waals surface area contributed by atoms with Crippen LogP contribution in [0.3, 0.4) is 0 Å². The highest BCUT2D eigenvalue weighted by Gasteiger charge is 2.37. The maximum atomic E-state index is 5.01. The Bertz CT molecular complexity index is 2290. The molecule has 6 aromatic carbocycles. The molecule has 0 aliphatic heterocycles. The highest BCUT2D eigenvalue weighted by atomic mass is 15.0. The Morgan fingerprint density at radius 1 is 0.320 bits per heavy atom. The van der Waals surface area contributed by atoms with Crippen LogP contribution >= 0.6 is 0 Å². The number of hydrogen-bond donors (Lipinski definition) is 0. The van der Waals surface area contributed by atoms with Gasteiger partial charge in [0.1, 0.15) is 0 Å². The molecule has 3 nitrogen and oxygen atoms in total. The first-order chi connectivity index (χ1) is 24.2. The molecule has 1 aromatic heterocycles. The van der Waals surface area contributed by atoms with Crippen LogP contribution in [0.2, 0.25) is 0 Å². The van der Waals surface area contributed by atoms with E-state index >= 15 is 0 Å². The van der Waals surface area contributed by atoms with Crippen molar-refractivity contribution in [1.82, 2.24) is 15.0 Å². The predicted octanol–water partition coefficient (Wildman–Crippen LogP) is 12.2. The monoisotopic (exact) mass is 647 g/mol. The van der Waals surface area contributed by atoms with Crippen molar-refractivity contribution in [3.63, 3.8) is 0 Å². The molecule has 8 rings (SSSR count). The molecule has 0 N–H and O–H groups in total. The third kappa shape index (κ3) is 6.16. The summed E-state index contributed by atoms with van der Waals surface area (Å²) in [6, 6.07) is 53.6. The molecule has 0 spiro atoms. The molecule has 0 saturated carbocycles. The second kappa shape index (κ2) is 12.7. The van der Waals surface area contributed by atoms with Gasteiger partial charge in [0.25, 0.3) is 0 Å². The van der Waals surface area contributed by atoms with E-state index in [0.717, 1.165) is 33.4 Å². The molecular formula is C47H41N3. The lowest BCUT2D eigenvalue weighted by Crippen LogP contribution is -2.33. The van der Waals surface area contributed by atoms with E-state index in [-0.39, 0.29) is 10.8 Å². The fourth-order valence-electron chi connectivity index (χ4n) is 7.25. The topological polar surface area (TPSA) is 38.7 Å². The van der Waals surface area contributed by atoms with Crippen molar-refractivity contribution in [2.45, 2.75) is 51.4 Å². The molecule has 0 amide bonds. The second-order valence-electron chi connectivity index (χ2n) is 14.8. The highest BCUT2D eigenvalue weighted by Crippen LogP contribution is 2.47. The Morgan fingerprint density at radius 2 is 0.680 bits per heavy atom. The Balaban J connectivity index is 1.10. The van der Waals surface area contributed by atoms with Crippen LogP contribution in [0.5, 0.6) is 0 Å². The smallest absolute Gasteiger partial charge is 0.164 e. The van der Waals surface area contributed by atoms with E-state index < -0.39 is 0 Å². The summed E-state index contributed by atoms with van der Waals surface area (Å²) in [6.07, 6.45) is 2.44. The molecule has 1 aliphatic rings. The quantitative estimate of drug-likeness (QED) is 0.180. The molecule has 244 valence electrons. The lowest BCUT2D eigenvalue weighted by Gasteiger charge is -2.42. The van der Waals surface area contributed by atoms with Crippen molar-refractivity contribution in [3.05, 3.63) is 163 Å². The van der Waals surface area contributed by atoms with Gasteiger partial charge in [-0.05, 0) is 74.2 Å². The van der Waals surface area contributed by atoms with Crippen LogP contribution in [0, 0.1) is 0 Å². The van der Waals surface area contributed by atoms with Gasteiger partial charge in [0.05, 0.1) is 0 Å². The first kappa shape index (κ1) is 31.6. The van der Waals surface area contributed by atoms with E-state index in [0.29, 0.717) is 17.5 Å². The molecule has 7 aromatic rings. The van der Waals surface area contributed by atoms with Gasteiger partial charge < -0.3 is 0 Å². The zero-order valence-corrected chi connectivity index (χ0v) is 29.2. The number of fused-ring (bicyclic) bond motifs is 1. The largest absolute Gasteiger partial charge is 0.208 e. The second-order valence-corrected chi connectivity index (χ2v) is 14.8. The fraction of sp³-hybridized carbons (Fsp3) is 0.170. The fourth-order valence-corrected chi connectivity index (χ4v) is 7.25. The first-order valence-electron chi connectivity index (χ1n) is 17.6. The zero-order valence-electron chi connectivity index (χ0n) is 29.2. The van der Waals surface area contributed by atoms with Crippen LogP contribution in [-0.4, -0.2) is 15.0 Å². The van der Waals surface area contributed by atoms with Gasteiger partial charge in [0.15, 0.2) is 17.5 Å². The maximum absolute atomic E-state index is 5.01. The maximum Gasteiger partial charge on any atom is 0.164 e. The number of rotatable bonds is 6. The van der Waals surface area contributed by atoms with Gasteiger partial charge in [-0.1, -0.05) is 173 Å². The highest BCUT2D eigenvalue weighted by molar-refractivity contribution is 5.75. The molecule has 50 heavy (non-hydrogen) atoms. The summed E-state index contributed by atoms with van der Waals surface area (Å²) >= 11 is 0. The van der Waals surface area contributed by atoms with Gasteiger partial charge in [0.2, 0.25) is 0 Å². The summed E-state index contributed by atoms with van der Waals surface area (Å²) in [7, 11) is 0. The summed E-state index contributed by atoms with van der Waals surface area (Å²) in [6.45, 7) is 9.55. The molecule has 1 heterocycles. The SMILES string of the molecule is CC1(C)CCC(C)(C)c2cc(-c3ccc(-c4ccc(-c5nc(-c6ccccc6)nc(-c6cccc(-c7ccccc7)c6)n5)cc4)cc3)ccc21. The number of aromatic nitrogens is 3. The van der Waals surface area contributed by atoms with E-state index in [1.54, 1.807) is 0 Å². The number of nitrogens with zero attached hydrogens (tertiary/aromatic N) is 3. The Hall–Kier alpha value is -5.67. The van der Waals surface area contributed by atoms with E-state index in [2.05, 4.69) is 143 Å². The normalized spacial score (nSPS) is 14.6. The predicted molar refractivity (Wildman–Crippen MR) is 208 cm³/mol. The average Bonchev–Trinajstić information content (AvgIpc) is 3.17. The van der Waals surface area contributed by atoms with Crippen LogP contribution in [0.1, 0.15) is 51.7 Å². The molecule has 0 atom stereocenters. The number of benzene rings is 6. The van der Waals surface area contributed by atoms with Crippen molar-refractivity contribution in [2.75, 3.05) is 0 Å². The molecule has 0 bridgehead atoms. The van der Waals surface area contributed by atoms with Crippen molar-refractivity contribution in [2.24, 2.45) is 0 Å². The van der Waals surface area contributed by atoms with Crippen molar-refractivity contribution < 1.29 is 0 Å². The van der Waals surface area contributed by atoms with Gasteiger partial charge in [0, 0.05) is 16.7 Å². The van der Waals surface area contributed by atoms with Crippen LogP contribution in [0.4, 0.5) is 0 Å². The van der Waals surface area contributed by atoms with Gasteiger partial charge >= 0.3 is 0 Å².